The molecule has 5 aromatic rings. The van der Waals surface area contributed by atoms with Crippen LogP contribution in [0.5, 0.6) is 0 Å². The van der Waals surface area contributed by atoms with Gasteiger partial charge in [-0.2, -0.15) is 15.0 Å². The molecule has 36 heavy (non-hydrogen) atoms. The molecule has 2 heterocycles. The fourth-order valence-corrected chi connectivity index (χ4v) is 3.51. The zero-order valence-corrected chi connectivity index (χ0v) is 19.4. The molecule has 0 bridgehead atoms. The number of hydrogen-bond acceptors (Lipinski definition) is 9. The van der Waals surface area contributed by atoms with Gasteiger partial charge in [0.05, 0.1) is 5.69 Å². The van der Waals surface area contributed by atoms with Crippen LogP contribution in [0.1, 0.15) is 22.0 Å². The van der Waals surface area contributed by atoms with E-state index in [9.17, 15) is 4.79 Å². The Hall–Kier alpha value is -5.12. The molecular formula is C26H22N8O2. The molecule has 3 N–H and O–H groups in total. The first kappa shape index (κ1) is 22.7. The minimum Gasteiger partial charge on any atom is -0.452 e. The van der Waals surface area contributed by atoms with Gasteiger partial charge in [0.25, 0.3) is 5.82 Å². The van der Waals surface area contributed by atoms with Crippen LogP contribution in [-0.4, -0.2) is 35.7 Å². The lowest BCUT2D eigenvalue weighted by Gasteiger charge is -2.09. The molecule has 0 spiro atoms. The van der Waals surface area contributed by atoms with Crippen LogP contribution < -0.4 is 11.1 Å². The molecule has 10 heteroatoms. The Kier molecular flexibility index (Phi) is 6.31. The summed E-state index contributed by atoms with van der Waals surface area (Å²) in [6.45, 7) is 1.73. The van der Waals surface area contributed by atoms with Crippen molar-refractivity contribution in [3.05, 3.63) is 102 Å². The van der Waals surface area contributed by atoms with Crippen LogP contribution in [0.25, 0.3) is 17.1 Å². The number of nitrogens with one attached hydrogen (secondary N) is 1. The largest absolute Gasteiger partial charge is 0.452 e. The predicted molar refractivity (Wildman–Crippen MR) is 135 cm³/mol. The van der Waals surface area contributed by atoms with Crippen molar-refractivity contribution in [3.8, 4) is 17.1 Å². The highest BCUT2D eigenvalue weighted by Gasteiger charge is 2.20. The number of hydrogen-bond donors (Lipinski definition) is 2. The molecule has 0 saturated heterocycles. The van der Waals surface area contributed by atoms with Crippen LogP contribution in [0, 0.1) is 6.92 Å². The minimum absolute atomic E-state index is 0.00461. The maximum Gasteiger partial charge on any atom is 0.378 e. The van der Waals surface area contributed by atoms with E-state index in [0.29, 0.717) is 5.82 Å². The van der Waals surface area contributed by atoms with Crippen LogP contribution in [0.3, 0.4) is 0 Å². The van der Waals surface area contributed by atoms with E-state index in [1.165, 1.54) is 0 Å². The van der Waals surface area contributed by atoms with Gasteiger partial charge in [0.15, 0.2) is 18.3 Å². The highest BCUT2D eigenvalue weighted by molar-refractivity contribution is 5.86. The minimum atomic E-state index is -0.714. The smallest absolute Gasteiger partial charge is 0.378 e. The number of aryl methyl sites for hydroxylation is 1. The van der Waals surface area contributed by atoms with E-state index in [2.05, 4.69) is 30.4 Å². The Morgan fingerprint density at radius 1 is 0.889 bits per heavy atom. The fraction of sp³-hybridized carbons (Fsp3) is 0.0769. The van der Waals surface area contributed by atoms with Gasteiger partial charge in [0, 0.05) is 11.3 Å². The lowest BCUT2D eigenvalue weighted by molar-refractivity contribution is 0.0448. The average Bonchev–Trinajstić information content (AvgIpc) is 3.35. The quantitative estimate of drug-likeness (QED) is 0.331. The molecular weight excluding hydrogens is 456 g/mol. The number of para-hydroxylation sites is 2. The second kappa shape index (κ2) is 10.0. The van der Waals surface area contributed by atoms with Crippen molar-refractivity contribution in [1.82, 2.24) is 29.7 Å². The van der Waals surface area contributed by atoms with Crippen LogP contribution in [0.15, 0.2) is 84.9 Å². The Balaban J connectivity index is 1.37. The topological polar surface area (TPSA) is 134 Å². The molecule has 178 valence electrons. The van der Waals surface area contributed by atoms with Crippen molar-refractivity contribution in [1.29, 1.82) is 0 Å². The summed E-state index contributed by atoms with van der Waals surface area (Å²) in [6, 6.07) is 26.6. The van der Waals surface area contributed by atoms with Gasteiger partial charge in [-0.1, -0.05) is 66.7 Å². The molecule has 0 unspecified atom stereocenters. The van der Waals surface area contributed by atoms with Crippen LogP contribution >= 0.6 is 0 Å². The summed E-state index contributed by atoms with van der Waals surface area (Å²) in [7, 11) is 0. The third kappa shape index (κ3) is 5.02. The summed E-state index contributed by atoms with van der Waals surface area (Å²) in [4.78, 5) is 29.8. The van der Waals surface area contributed by atoms with Gasteiger partial charge in [-0.15, -0.1) is 5.10 Å². The first-order valence-electron chi connectivity index (χ1n) is 11.1. The van der Waals surface area contributed by atoms with Gasteiger partial charge in [0.1, 0.15) is 0 Å². The number of benzene rings is 3. The summed E-state index contributed by atoms with van der Waals surface area (Å²) in [5, 5.41) is 7.52. The molecule has 10 nitrogen and oxygen atoms in total. The van der Waals surface area contributed by atoms with E-state index in [1.54, 1.807) is 4.68 Å². The summed E-state index contributed by atoms with van der Waals surface area (Å²) in [5.74, 6) is 0.165. The SMILES string of the molecule is Cc1ccccc1Nc1nc(N)nc(COC(=O)c2nc(-c3ccccc3)n(-c3ccccc3)n2)n1. The summed E-state index contributed by atoms with van der Waals surface area (Å²) >= 11 is 0. The summed E-state index contributed by atoms with van der Waals surface area (Å²) < 4.78 is 7.03. The molecule has 5 rings (SSSR count). The predicted octanol–water partition coefficient (Wildman–Crippen LogP) is 4.11. The number of carbonyl (C=O) groups is 1. The van der Waals surface area contributed by atoms with Gasteiger partial charge in [-0.25, -0.2) is 14.5 Å². The number of nitrogen functional groups attached to an aromatic ring is 1. The zero-order valence-electron chi connectivity index (χ0n) is 19.4. The number of carbonyl (C=O) groups excluding carboxylic acids is 1. The molecule has 2 aromatic heterocycles. The summed E-state index contributed by atoms with van der Waals surface area (Å²) in [6.07, 6.45) is 0. The zero-order chi connectivity index (χ0) is 24.9. The summed E-state index contributed by atoms with van der Waals surface area (Å²) in [5.41, 5.74) is 9.27. The van der Waals surface area contributed by atoms with Crippen molar-refractivity contribution in [3.63, 3.8) is 0 Å². The van der Waals surface area contributed by atoms with E-state index in [4.69, 9.17) is 10.5 Å². The second-order valence-corrected chi connectivity index (χ2v) is 7.82. The molecule has 0 radical (unpaired) electrons. The van der Waals surface area contributed by atoms with Crippen LogP contribution in [0.4, 0.5) is 17.6 Å². The van der Waals surface area contributed by atoms with Gasteiger partial charge in [-0.3, -0.25) is 0 Å². The fourth-order valence-electron chi connectivity index (χ4n) is 3.51. The lowest BCUT2D eigenvalue weighted by Crippen LogP contribution is -2.12. The first-order valence-corrected chi connectivity index (χ1v) is 11.1. The molecule has 3 aromatic carbocycles. The van der Waals surface area contributed by atoms with E-state index >= 15 is 0 Å². The highest BCUT2D eigenvalue weighted by Crippen LogP contribution is 2.22. The Morgan fingerprint density at radius 2 is 1.58 bits per heavy atom. The monoisotopic (exact) mass is 478 g/mol. The number of anilines is 3. The van der Waals surface area contributed by atoms with Crippen molar-refractivity contribution in [2.75, 3.05) is 11.1 Å². The molecule has 0 atom stereocenters. The number of aromatic nitrogens is 6. The van der Waals surface area contributed by atoms with Gasteiger partial charge < -0.3 is 15.8 Å². The molecule has 0 saturated carbocycles. The molecule has 0 fully saturated rings. The maximum atomic E-state index is 12.9. The first-order chi connectivity index (χ1) is 17.6. The van der Waals surface area contributed by atoms with Crippen molar-refractivity contribution < 1.29 is 9.53 Å². The molecule has 0 amide bonds. The van der Waals surface area contributed by atoms with Gasteiger partial charge in [0.2, 0.25) is 11.9 Å². The molecule has 0 aliphatic rings. The van der Waals surface area contributed by atoms with E-state index in [1.807, 2.05) is 91.9 Å². The number of nitrogens with zero attached hydrogens (tertiary/aromatic N) is 6. The van der Waals surface area contributed by atoms with E-state index in [0.717, 1.165) is 22.5 Å². The Labute approximate surface area is 206 Å². The number of nitrogens with two attached hydrogens (primary N) is 1. The lowest BCUT2D eigenvalue weighted by atomic mass is 10.2. The third-order valence-electron chi connectivity index (χ3n) is 5.25. The maximum absolute atomic E-state index is 12.9. The molecule has 0 aliphatic carbocycles. The Morgan fingerprint density at radius 3 is 2.33 bits per heavy atom. The van der Waals surface area contributed by atoms with Crippen molar-refractivity contribution in [2.45, 2.75) is 13.5 Å². The van der Waals surface area contributed by atoms with E-state index < -0.39 is 5.97 Å². The standard InChI is InChI=1S/C26H22N8O2/c1-17-10-8-9-15-20(17)28-26-30-21(29-25(27)32-26)16-36-24(35)22-31-23(18-11-4-2-5-12-18)34(33-22)19-13-6-3-7-14-19/h2-15H,16H2,1H3,(H3,27,28,29,30,32). The number of ether oxygens (including phenoxy) is 1. The number of esters is 1. The van der Waals surface area contributed by atoms with Gasteiger partial charge >= 0.3 is 5.97 Å². The van der Waals surface area contributed by atoms with E-state index in [-0.39, 0.29) is 30.2 Å². The molecule has 0 aliphatic heterocycles. The second-order valence-electron chi connectivity index (χ2n) is 7.82. The van der Waals surface area contributed by atoms with Crippen LogP contribution in [-0.2, 0) is 11.3 Å². The van der Waals surface area contributed by atoms with Crippen molar-refractivity contribution in [2.24, 2.45) is 0 Å². The van der Waals surface area contributed by atoms with Gasteiger partial charge in [-0.05, 0) is 30.7 Å². The number of rotatable bonds is 7. The normalized spacial score (nSPS) is 10.7. The highest BCUT2D eigenvalue weighted by atomic mass is 16.5. The average molecular weight is 479 g/mol. The van der Waals surface area contributed by atoms with Crippen LogP contribution in [0.2, 0.25) is 0 Å². The van der Waals surface area contributed by atoms with Crippen molar-refractivity contribution >= 4 is 23.6 Å². The Bertz CT molecular complexity index is 1450. The third-order valence-corrected chi connectivity index (χ3v) is 5.25.